The molecule has 0 unspecified atom stereocenters. The lowest BCUT2D eigenvalue weighted by Crippen LogP contribution is -2.44. The molecule has 0 N–H and O–H groups in total. The van der Waals surface area contributed by atoms with Crippen LogP contribution in [0.5, 0.6) is 11.5 Å². The summed E-state index contributed by atoms with van der Waals surface area (Å²) in [7, 11) is 3.27. The van der Waals surface area contributed by atoms with Crippen LogP contribution < -0.4 is 9.47 Å². The van der Waals surface area contributed by atoms with Gasteiger partial charge in [0.05, 0.1) is 26.7 Å². The molecule has 1 aliphatic heterocycles. The predicted octanol–water partition coefficient (Wildman–Crippen LogP) is 3.40. The highest BCUT2D eigenvalue weighted by Crippen LogP contribution is 2.31. The van der Waals surface area contributed by atoms with Gasteiger partial charge in [0.15, 0.2) is 11.5 Å². The highest BCUT2D eigenvalue weighted by molar-refractivity contribution is 5.79. The van der Waals surface area contributed by atoms with Gasteiger partial charge in [-0.25, -0.2) is 0 Å². The zero-order valence-electron chi connectivity index (χ0n) is 15.3. The Morgan fingerprint density at radius 3 is 2.52 bits per heavy atom. The molecule has 1 saturated heterocycles. The summed E-state index contributed by atoms with van der Waals surface area (Å²) in [4.78, 5) is 15.2. The van der Waals surface area contributed by atoms with Gasteiger partial charge in [0.2, 0.25) is 5.91 Å². The first-order chi connectivity index (χ1) is 12.2. The zero-order valence-corrected chi connectivity index (χ0v) is 15.3. The summed E-state index contributed by atoms with van der Waals surface area (Å²) >= 11 is 0. The van der Waals surface area contributed by atoms with Crippen LogP contribution in [0.2, 0.25) is 0 Å². The van der Waals surface area contributed by atoms with Crippen LogP contribution in [0.4, 0.5) is 0 Å². The molecule has 138 valence electrons. The molecule has 3 rings (SSSR count). The number of nitrogens with zero attached hydrogens (tertiary/aromatic N) is 1. The highest BCUT2D eigenvalue weighted by atomic mass is 16.5. The number of methoxy groups -OCH3 is 2. The Hall–Kier alpha value is -1.75. The number of hydrogen-bond donors (Lipinski definition) is 0. The summed E-state index contributed by atoms with van der Waals surface area (Å²) in [6.07, 6.45) is 6.75. The lowest BCUT2D eigenvalue weighted by molar-refractivity contribution is -0.139. The van der Waals surface area contributed by atoms with Gasteiger partial charge in [-0.15, -0.1) is 0 Å². The second-order valence-electron chi connectivity index (χ2n) is 7.01. The van der Waals surface area contributed by atoms with Gasteiger partial charge < -0.3 is 19.1 Å². The summed E-state index contributed by atoms with van der Waals surface area (Å²) in [6.45, 7) is 1.89. The van der Waals surface area contributed by atoms with Gasteiger partial charge in [0, 0.05) is 19.2 Å². The number of carbonyl (C=O) groups excluding carboxylic acids is 1. The van der Waals surface area contributed by atoms with Crippen LogP contribution in [0.15, 0.2) is 18.2 Å². The minimum Gasteiger partial charge on any atom is -0.493 e. The molecule has 1 amide bonds. The molecule has 25 heavy (non-hydrogen) atoms. The minimum absolute atomic E-state index is 0.0158. The Morgan fingerprint density at radius 1 is 1.12 bits per heavy atom. The van der Waals surface area contributed by atoms with Gasteiger partial charge in [-0.3, -0.25) is 4.79 Å². The van der Waals surface area contributed by atoms with Gasteiger partial charge in [0.1, 0.15) is 0 Å². The van der Waals surface area contributed by atoms with Crippen molar-refractivity contribution in [3.63, 3.8) is 0 Å². The van der Waals surface area contributed by atoms with Gasteiger partial charge in [0.25, 0.3) is 0 Å². The quantitative estimate of drug-likeness (QED) is 0.791. The lowest BCUT2D eigenvalue weighted by Gasteiger charge is -2.36. The van der Waals surface area contributed by atoms with Crippen LogP contribution in [0, 0.1) is 5.92 Å². The van der Waals surface area contributed by atoms with Crippen molar-refractivity contribution >= 4 is 5.91 Å². The summed E-state index contributed by atoms with van der Waals surface area (Å²) in [5.41, 5.74) is 1.08. The van der Waals surface area contributed by atoms with E-state index >= 15 is 0 Å². The van der Waals surface area contributed by atoms with Crippen molar-refractivity contribution in [2.45, 2.75) is 51.1 Å². The fourth-order valence-corrected chi connectivity index (χ4v) is 3.92. The second-order valence-corrected chi connectivity index (χ2v) is 7.01. The Morgan fingerprint density at radius 2 is 1.88 bits per heavy atom. The number of rotatable bonds is 6. The van der Waals surface area contributed by atoms with Crippen molar-refractivity contribution < 1.29 is 19.0 Å². The summed E-state index contributed by atoms with van der Waals surface area (Å²) in [6, 6.07) is 6.26. The first-order valence-electron chi connectivity index (χ1n) is 9.32. The SMILES string of the molecule is COc1ccc(CN(C(=O)[C@H]2CCOC2)C2CCCCC2)cc1OC. The van der Waals surface area contributed by atoms with E-state index in [2.05, 4.69) is 4.90 Å². The molecule has 0 bridgehead atoms. The predicted molar refractivity (Wildman–Crippen MR) is 95.9 cm³/mol. The molecular formula is C20H29NO4. The van der Waals surface area contributed by atoms with Gasteiger partial charge >= 0.3 is 0 Å². The lowest BCUT2D eigenvalue weighted by atomic mass is 9.92. The number of hydrogen-bond acceptors (Lipinski definition) is 4. The Balaban J connectivity index is 1.79. The van der Waals surface area contributed by atoms with Crippen LogP contribution in [0.3, 0.4) is 0 Å². The van der Waals surface area contributed by atoms with E-state index in [0.29, 0.717) is 37.3 Å². The Bertz CT molecular complexity index is 577. The van der Waals surface area contributed by atoms with Crippen LogP contribution in [-0.2, 0) is 16.1 Å². The molecule has 5 nitrogen and oxygen atoms in total. The first-order valence-corrected chi connectivity index (χ1v) is 9.32. The zero-order chi connectivity index (χ0) is 17.6. The molecule has 0 radical (unpaired) electrons. The molecule has 1 heterocycles. The average Bonchev–Trinajstić information content (AvgIpc) is 3.21. The smallest absolute Gasteiger partial charge is 0.228 e. The third-order valence-corrected chi connectivity index (χ3v) is 5.38. The molecule has 1 aromatic carbocycles. The van der Waals surface area contributed by atoms with E-state index in [9.17, 15) is 4.79 Å². The molecule has 2 aliphatic rings. The third-order valence-electron chi connectivity index (χ3n) is 5.38. The second kappa shape index (κ2) is 8.56. The van der Waals surface area contributed by atoms with Crippen molar-refractivity contribution in [1.82, 2.24) is 4.90 Å². The molecule has 1 saturated carbocycles. The average molecular weight is 347 g/mol. The van der Waals surface area contributed by atoms with Gasteiger partial charge in [-0.05, 0) is 37.0 Å². The molecule has 1 aliphatic carbocycles. The number of ether oxygens (including phenoxy) is 3. The highest BCUT2D eigenvalue weighted by Gasteiger charge is 2.32. The monoisotopic (exact) mass is 347 g/mol. The summed E-state index contributed by atoms with van der Waals surface area (Å²) in [5, 5.41) is 0. The topological polar surface area (TPSA) is 48.0 Å². The van der Waals surface area contributed by atoms with E-state index in [0.717, 1.165) is 24.8 Å². The molecule has 0 aromatic heterocycles. The fourth-order valence-electron chi connectivity index (χ4n) is 3.92. The largest absolute Gasteiger partial charge is 0.493 e. The van der Waals surface area contributed by atoms with E-state index in [1.807, 2.05) is 18.2 Å². The number of carbonyl (C=O) groups is 1. The van der Waals surface area contributed by atoms with Crippen molar-refractivity contribution in [1.29, 1.82) is 0 Å². The molecular weight excluding hydrogens is 318 g/mol. The maximum absolute atomic E-state index is 13.1. The Kier molecular flexibility index (Phi) is 6.19. The molecule has 1 aromatic rings. The van der Waals surface area contributed by atoms with Gasteiger partial charge in [-0.2, -0.15) is 0 Å². The van der Waals surface area contributed by atoms with Crippen molar-refractivity contribution in [2.75, 3.05) is 27.4 Å². The molecule has 0 spiro atoms. The molecule has 5 heteroatoms. The normalized spacial score (nSPS) is 21.1. The van der Waals surface area contributed by atoms with Crippen LogP contribution in [0.25, 0.3) is 0 Å². The fraction of sp³-hybridized carbons (Fsp3) is 0.650. The minimum atomic E-state index is 0.0158. The first kappa shape index (κ1) is 18.1. The van der Waals surface area contributed by atoms with Crippen molar-refractivity contribution in [2.24, 2.45) is 5.92 Å². The van der Waals surface area contributed by atoms with Crippen molar-refractivity contribution in [3.8, 4) is 11.5 Å². The number of benzene rings is 1. The standard InChI is InChI=1S/C20H29NO4/c1-23-18-9-8-15(12-19(18)24-2)13-21(17-6-4-3-5-7-17)20(22)16-10-11-25-14-16/h8-9,12,16-17H,3-7,10-11,13-14H2,1-2H3/t16-/m0/s1. The van der Waals surface area contributed by atoms with Crippen LogP contribution in [-0.4, -0.2) is 44.3 Å². The van der Waals surface area contributed by atoms with E-state index < -0.39 is 0 Å². The van der Waals surface area contributed by atoms with Crippen LogP contribution in [0.1, 0.15) is 44.1 Å². The van der Waals surface area contributed by atoms with E-state index in [1.54, 1.807) is 14.2 Å². The maximum Gasteiger partial charge on any atom is 0.228 e. The Labute approximate surface area is 150 Å². The maximum atomic E-state index is 13.1. The van der Waals surface area contributed by atoms with Crippen molar-refractivity contribution in [3.05, 3.63) is 23.8 Å². The van der Waals surface area contributed by atoms with E-state index in [-0.39, 0.29) is 11.8 Å². The molecule has 2 fully saturated rings. The third kappa shape index (κ3) is 4.27. The summed E-state index contributed by atoms with van der Waals surface area (Å²) in [5.74, 6) is 1.69. The number of amides is 1. The van der Waals surface area contributed by atoms with E-state index in [4.69, 9.17) is 14.2 Å². The molecule has 1 atom stereocenters. The van der Waals surface area contributed by atoms with Gasteiger partial charge in [-0.1, -0.05) is 25.3 Å². The summed E-state index contributed by atoms with van der Waals surface area (Å²) < 4.78 is 16.2. The van der Waals surface area contributed by atoms with E-state index in [1.165, 1.54) is 19.3 Å². The van der Waals surface area contributed by atoms with Crippen LogP contribution >= 0.6 is 0 Å².